The molecule has 10 rings (SSSR count). The van der Waals surface area contributed by atoms with E-state index in [0.717, 1.165) is 72.1 Å². The lowest BCUT2D eigenvalue weighted by molar-refractivity contribution is 0.667. The van der Waals surface area contributed by atoms with Crippen molar-refractivity contribution in [2.24, 2.45) is 0 Å². The van der Waals surface area contributed by atoms with Crippen LogP contribution in [0, 0.1) is 0 Å². The van der Waals surface area contributed by atoms with E-state index in [0.29, 0.717) is 0 Å². The summed E-state index contributed by atoms with van der Waals surface area (Å²) in [7, 11) is 0. The van der Waals surface area contributed by atoms with E-state index >= 15 is 0 Å². The maximum Gasteiger partial charge on any atom is 0.153 e. The molecule has 4 nitrogen and oxygen atoms in total. The summed E-state index contributed by atoms with van der Waals surface area (Å²) in [5, 5.41) is 6.77. The zero-order chi connectivity index (χ0) is 32.3. The second-order valence-electron chi connectivity index (χ2n) is 12.4. The first kappa shape index (κ1) is 27.5. The van der Waals surface area contributed by atoms with E-state index in [4.69, 9.17) is 8.83 Å². The first-order chi connectivity index (χ1) is 24.3. The third-order valence-corrected chi connectivity index (χ3v) is 9.57. The molecule has 0 radical (unpaired) electrons. The molecule has 4 heteroatoms. The molecule has 0 N–H and O–H groups in total. The molecule has 7 aromatic carbocycles. The molecule has 3 aromatic heterocycles. The van der Waals surface area contributed by atoms with Crippen LogP contribution in [0.3, 0.4) is 0 Å². The van der Waals surface area contributed by atoms with Gasteiger partial charge in [0.25, 0.3) is 0 Å². The van der Waals surface area contributed by atoms with E-state index in [1.807, 2.05) is 24.4 Å². The number of rotatable bonds is 5. The van der Waals surface area contributed by atoms with Crippen molar-refractivity contribution in [2.75, 3.05) is 4.90 Å². The number of nitrogens with zero attached hydrogens (tertiary/aromatic N) is 2. The van der Waals surface area contributed by atoms with Gasteiger partial charge in [0.05, 0.1) is 6.20 Å². The lowest BCUT2D eigenvalue weighted by Gasteiger charge is -2.26. The number of pyridine rings is 1. The van der Waals surface area contributed by atoms with Crippen LogP contribution in [0.15, 0.2) is 179 Å². The van der Waals surface area contributed by atoms with E-state index in [9.17, 15) is 0 Å². The van der Waals surface area contributed by atoms with E-state index in [-0.39, 0.29) is 0 Å². The highest BCUT2D eigenvalue weighted by molar-refractivity contribution is 6.19. The Balaban J connectivity index is 1.09. The highest BCUT2D eigenvalue weighted by atomic mass is 16.3. The lowest BCUT2D eigenvalue weighted by atomic mass is 9.98. The highest BCUT2D eigenvalue weighted by Gasteiger charge is 2.17. The number of furan rings is 2. The van der Waals surface area contributed by atoms with Crippen molar-refractivity contribution >= 4 is 71.7 Å². The monoisotopic (exact) mass is 628 g/mol. The molecule has 0 saturated heterocycles. The molecule has 0 fully saturated rings. The maximum atomic E-state index is 6.18. The minimum absolute atomic E-state index is 0.804. The standard InChI is InChI=1S/C45H28N2O2/c1-2-6-29(7-3-1)30-12-17-34(18-13-30)47(36-21-23-42-40(27-36)37-8-4-5-9-41(37)48-42)35-19-14-31(15-20-35)33-11-10-32-16-22-43-45(39(32)26-33)38-24-25-46-28-44(38)49-43/h1-28H. The first-order valence-electron chi connectivity index (χ1n) is 16.4. The maximum absolute atomic E-state index is 6.18. The van der Waals surface area contributed by atoms with Crippen molar-refractivity contribution < 1.29 is 8.83 Å². The second-order valence-corrected chi connectivity index (χ2v) is 12.4. The minimum Gasteiger partial charge on any atom is -0.456 e. The van der Waals surface area contributed by atoms with Crippen LogP contribution in [0.2, 0.25) is 0 Å². The lowest BCUT2D eigenvalue weighted by Crippen LogP contribution is -2.09. The molecule has 49 heavy (non-hydrogen) atoms. The van der Waals surface area contributed by atoms with Gasteiger partial charge in [0, 0.05) is 44.8 Å². The zero-order valence-electron chi connectivity index (χ0n) is 26.4. The highest BCUT2D eigenvalue weighted by Crippen LogP contribution is 2.41. The Bertz CT molecular complexity index is 2810. The van der Waals surface area contributed by atoms with Crippen LogP contribution < -0.4 is 4.90 Å². The van der Waals surface area contributed by atoms with Gasteiger partial charge >= 0.3 is 0 Å². The van der Waals surface area contributed by atoms with Gasteiger partial charge in [-0.05, 0) is 99.8 Å². The fourth-order valence-electron chi connectivity index (χ4n) is 7.17. The van der Waals surface area contributed by atoms with Gasteiger partial charge in [0.15, 0.2) is 5.58 Å². The number of anilines is 3. The summed E-state index contributed by atoms with van der Waals surface area (Å²) < 4.78 is 12.3. The Morgan fingerprint density at radius 2 is 1.00 bits per heavy atom. The van der Waals surface area contributed by atoms with E-state index in [1.54, 1.807) is 6.20 Å². The van der Waals surface area contributed by atoms with Crippen LogP contribution in [0.1, 0.15) is 0 Å². The van der Waals surface area contributed by atoms with Crippen molar-refractivity contribution in [1.82, 2.24) is 4.98 Å². The van der Waals surface area contributed by atoms with Crippen molar-refractivity contribution in [3.8, 4) is 22.3 Å². The molecule has 0 unspecified atom stereocenters. The Hall–Kier alpha value is -6.65. The fraction of sp³-hybridized carbons (Fsp3) is 0. The molecule has 0 aliphatic heterocycles. The number of hydrogen-bond acceptors (Lipinski definition) is 4. The first-order valence-corrected chi connectivity index (χ1v) is 16.4. The quantitative estimate of drug-likeness (QED) is 0.190. The average molecular weight is 629 g/mol. The van der Waals surface area contributed by atoms with Gasteiger partial charge in [0.1, 0.15) is 16.7 Å². The molecule has 0 bridgehead atoms. The molecule has 0 amide bonds. The van der Waals surface area contributed by atoms with E-state index < -0.39 is 0 Å². The Labute approximate surface area is 282 Å². The fourth-order valence-corrected chi connectivity index (χ4v) is 7.17. The summed E-state index contributed by atoms with van der Waals surface area (Å²) in [6, 6.07) is 55.7. The summed E-state index contributed by atoms with van der Waals surface area (Å²) in [6.45, 7) is 0. The summed E-state index contributed by atoms with van der Waals surface area (Å²) in [4.78, 5) is 6.58. The molecule has 0 atom stereocenters. The molecule has 0 aliphatic rings. The number of aromatic nitrogens is 1. The van der Waals surface area contributed by atoms with Gasteiger partial charge in [-0.25, -0.2) is 0 Å². The van der Waals surface area contributed by atoms with Gasteiger partial charge < -0.3 is 13.7 Å². The Kier molecular flexibility index (Phi) is 6.15. The SMILES string of the molecule is c1ccc(-c2ccc(N(c3ccc(-c4ccc5ccc6oc7cnccc7c6c5c4)cc3)c3ccc4oc5ccccc5c4c3)cc2)cc1. The van der Waals surface area contributed by atoms with Crippen molar-refractivity contribution in [3.05, 3.63) is 170 Å². The number of fused-ring (bicyclic) bond motifs is 8. The smallest absolute Gasteiger partial charge is 0.153 e. The molecular formula is C45H28N2O2. The van der Waals surface area contributed by atoms with Crippen LogP contribution >= 0.6 is 0 Å². The van der Waals surface area contributed by atoms with Crippen LogP contribution in [-0.2, 0) is 0 Å². The van der Waals surface area contributed by atoms with Crippen LogP contribution in [0.4, 0.5) is 17.1 Å². The van der Waals surface area contributed by atoms with Crippen molar-refractivity contribution in [1.29, 1.82) is 0 Å². The summed E-state index contributed by atoms with van der Waals surface area (Å²) in [6.07, 6.45) is 3.62. The number of para-hydroxylation sites is 1. The van der Waals surface area contributed by atoms with Crippen molar-refractivity contribution in [3.63, 3.8) is 0 Å². The molecule has 3 heterocycles. The third kappa shape index (κ3) is 4.57. The predicted octanol–water partition coefficient (Wildman–Crippen LogP) is 12.8. The van der Waals surface area contributed by atoms with E-state index in [2.05, 4.69) is 149 Å². The van der Waals surface area contributed by atoms with E-state index in [1.165, 1.54) is 21.9 Å². The summed E-state index contributed by atoms with van der Waals surface area (Å²) in [5.41, 5.74) is 11.3. The summed E-state index contributed by atoms with van der Waals surface area (Å²) >= 11 is 0. The molecule has 230 valence electrons. The predicted molar refractivity (Wildman–Crippen MR) is 202 cm³/mol. The molecular weight excluding hydrogens is 601 g/mol. The topological polar surface area (TPSA) is 42.4 Å². The third-order valence-electron chi connectivity index (χ3n) is 9.57. The van der Waals surface area contributed by atoms with Gasteiger partial charge in [-0.1, -0.05) is 91.0 Å². The minimum atomic E-state index is 0.804. The van der Waals surface area contributed by atoms with Crippen LogP contribution in [0.25, 0.3) is 76.9 Å². The van der Waals surface area contributed by atoms with Gasteiger partial charge in [-0.2, -0.15) is 0 Å². The molecule has 0 saturated carbocycles. The Morgan fingerprint density at radius 1 is 0.388 bits per heavy atom. The van der Waals surface area contributed by atoms with Gasteiger partial charge in [0.2, 0.25) is 0 Å². The normalized spacial score (nSPS) is 11.7. The molecule has 10 aromatic rings. The van der Waals surface area contributed by atoms with Crippen LogP contribution in [0.5, 0.6) is 0 Å². The molecule has 0 aliphatic carbocycles. The van der Waals surface area contributed by atoms with Crippen molar-refractivity contribution in [2.45, 2.75) is 0 Å². The number of hydrogen-bond donors (Lipinski definition) is 0. The second kappa shape index (κ2) is 11.0. The number of benzene rings is 7. The van der Waals surface area contributed by atoms with Gasteiger partial charge in [-0.3, -0.25) is 4.98 Å². The van der Waals surface area contributed by atoms with Crippen LogP contribution in [-0.4, -0.2) is 4.98 Å². The largest absolute Gasteiger partial charge is 0.456 e. The Morgan fingerprint density at radius 3 is 1.82 bits per heavy atom. The summed E-state index contributed by atoms with van der Waals surface area (Å²) in [5.74, 6) is 0. The molecule has 0 spiro atoms. The average Bonchev–Trinajstić information content (AvgIpc) is 3.74. The van der Waals surface area contributed by atoms with Gasteiger partial charge in [-0.15, -0.1) is 0 Å². The zero-order valence-corrected chi connectivity index (χ0v) is 26.4.